The van der Waals surface area contributed by atoms with Crippen molar-refractivity contribution in [1.29, 1.82) is 5.26 Å². The second-order valence-electron chi connectivity index (χ2n) is 3.96. The topological polar surface area (TPSA) is 56.0 Å². The van der Waals surface area contributed by atoms with Gasteiger partial charge in [-0.05, 0) is 19.4 Å². The summed E-state index contributed by atoms with van der Waals surface area (Å²) in [7, 11) is 0. The van der Waals surface area contributed by atoms with Gasteiger partial charge in [0.1, 0.15) is 5.75 Å². The Kier molecular flexibility index (Phi) is 4.81. The largest absolute Gasteiger partial charge is 0.508 e. The lowest BCUT2D eigenvalue weighted by Gasteiger charge is -2.19. The second kappa shape index (κ2) is 6.14. The molecule has 0 aliphatic carbocycles. The molecule has 0 spiro atoms. The van der Waals surface area contributed by atoms with Gasteiger partial charge in [0.2, 0.25) is 0 Å². The van der Waals surface area contributed by atoms with Gasteiger partial charge in [0.15, 0.2) is 0 Å². The molecule has 16 heavy (non-hydrogen) atoms. The number of hydrogen-bond donors (Lipinski definition) is 2. The summed E-state index contributed by atoms with van der Waals surface area (Å²) in [4.78, 5) is 0. The van der Waals surface area contributed by atoms with Crippen molar-refractivity contribution in [3.8, 4) is 11.8 Å². The summed E-state index contributed by atoms with van der Waals surface area (Å²) in [6.07, 6.45) is 0.885. The SMILES string of the molecule is CCC(NCC(C)C#N)c1ccccc1O. The van der Waals surface area contributed by atoms with E-state index >= 15 is 0 Å². The Balaban J connectivity index is 2.69. The highest BCUT2D eigenvalue weighted by Crippen LogP contribution is 2.25. The molecular weight excluding hydrogens is 200 g/mol. The highest BCUT2D eigenvalue weighted by molar-refractivity contribution is 5.34. The van der Waals surface area contributed by atoms with Crippen LogP contribution >= 0.6 is 0 Å². The Bertz CT molecular complexity index is 370. The highest BCUT2D eigenvalue weighted by atomic mass is 16.3. The molecule has 2 atom stereocenters. The Labute approximate surface area is 96.7 Å². The summed E-state index contributed by atoms with van der Waals surface area (Å²) in [6.45, 7) is 4.58. The van der Waals surface area contributed by atoms with E-state index in [2.05, 4.69) is 18.3 Å². The molecule has 0 amide bonds. The smallest absolute Gasteiger partial charge is 0.120 e. The van der Waals surface area contributed by atoms with E-state index in [4.69, 9.17) is 5.26 Å². The van der Waals surface area contributed by atoms with Crippen LogP contribution in [0, 0.1) is 17.2 Å². The van der Waals surface area contributed by atoms with Gasteiger partial charge in [0.05, 0.1) is 12.0 Å². The molecule has 0 aliphatic rings. The zero-order valence-electron chi connectivity index (χ0n) is 9.77. The number of nitrogens with zero attached hydrogens (tertiary/aromatic N) is 1. The van der Waals surface area contributed by atoms with Crippen LogP contribution in [0.25, 0.3) is 0 Å². The lowest BCUT2D eigenvalue weighted by atomic mass is 10.0. The van der Waals surface area contributed by atoms with Crippen LogP contribution in [0.2, 0.25) is 0 Å². The van der Waals surface area contributed by atoms with Gasteiger partial charge in [-0.15, -0.1) is 0 Å². The minimum atomic E-state index is -0.0140. The van der Waals surface area contributed by atoms with Crippen LogP contribution in [0.5, 0.6) is 5.75 Å². The van der Waals surface area contributed by atoms with Gasteiger partial charge < -0.3 is 10.4 Å². The first-order valence-corrected chi connectivity index (χ1v) is 5.60. The van der Waals surface area contributed by atoms with Gasteiger partial charge >= 0.3 is 0 Å². The molecule has 0 saturated heterocycles. The minimum absolute atomic E-state index is 0.0140. The predicted octanol–water partition coefficient (Wildman–Crippen LogP) is 2.59. The molecule has 0 heterocycles. The molecule has 3 nitrogen and oxygen atoms in total. The lowest BCUT2D eigenvalue weighted by Crippen LogP contribution is -2.25. The molecule has 0 radical (unpaired) electrons. The molecule has 1 aromatic rings. The maximum absolute atomic E-state index is 9.73. The van der Waals surface area contributed by atoms with Crippen LogP contribution in [0.4, 0.5) is 0 Å². The van der Waals surface area contributed by atoms with Gasteiger partial charge in [0, 0.05) is 18.2 Å². The average molecular weight is 218 g/mol. The van der Waals surface area contributed by atoms with Gasteiger partial charge in [-0.3, -0.25) is 0 Å². The summed E-state index contributed by atoms with van der Waals surface area (Å²) in [6, 6.07) is 9.61. The Morgan fingerprint density at radius 3 is 2.69 bits per heavy atom. The molecule has 1 aromatic carbocycles. The van der Waals surface area contributed by atoms with Crippen LogP contribution in [0.1, 0.15) is 31.9 Å². The third-order valence-corrected chi connectivity index (χ3v) is 2.61. The minimum Gasteiger partial charge on any atom is -0.508 e. The van der Waals surface area contributed by atoms with Crippen LogP contribution in [0.15, 0.2) is 24.3 Å². The maximum atomic E-state index is 9.73. The van der Waals surface area contributed by atoms with Crippen LogP contribution in [-0.2, 0) is 0 Å². The number of hydrogen-bond acceptors (Lipinski definition) is 3. The average Bonchev–Trinajstić information content (AvgIpc) is 2.31. The fourth-order valence-electron chi connectivity index (χ4n) is 1.62. The molecule has 1 rings (SSSR count). The second-order valence-corrected chi connectivity index (χ2v) is 3.96. The standard InChI is InChI=1S/C13H18N2O/c1-3-12(15-9-10(2)8-14)11-6-4-5-7-13(11)16/h4-7,10,12,15-16H,3,9H2,1-2H3. The van der Waals surface area contributed by atoms with E-state index in [0.717, 1.165) is 12.0 Å². The quantitative estimate of drug-likeness (QED) is 0.798. The molecular formula is C13H18N2O. The molecule has 3 heteroatoms. The summed E-state index contributed by atoms with van der Waals surface area (Å²) in [5.41, 5.74) is 0.898. The molecule has 2 N–H and O–H groups in total. The van der Waals surface area contributed by atoms with Gasteiger partial charge in [-0.25, -0.2) is 0 Å². The van der Waals surface area contributed by atoms with Crippen LogP contribution in [0.3, 0.4) is 0 Å². The van der Waals surface area contributed by atoms with E-state index < -0.39 is 0 Å². The molecule has 0 aromatic heterocycles. The third kappa shape index (κ3) is 3.25. The lowest BCUT2D eigenvalue weighted by molar-refractivity contribution is 0.434. The fraction of sp³-hybridized carbons (Fsp3) is 0.462. The number of para-hydroxylation sites is 1. The van der Waals surface area contributed by atoms with E-state index in [-0.39, 0.29) is 12.0 Å². The number of phenols is 1. The summed E-state index contributed by atoms with van der Waals surface area (Å²) < 4.78 is 0. The molecule has 0 bridgehead atoms. The van der Waals surface area contributed by atoms with Crippen molar-refractivity contribution in [3.05, 3.63) is 29.8 Å². The molecule has 0 aliphatic heterocycles. The van der Waals surface area contributed by atoms with E-state index in [9.17, 15) is 5.11 Å². The zero-order chi connectivity index (χ0) is 12.0. The Morgan fingerprint density at radius 1 is 1.44 bits per heavy atom. The van der Waals surface area contributed by atoms with E-state index in [1.165, 1.54) is 0 Å². The molecule has 86 valence electrons. The molecule has 2 unspecified atom stereocenters. The number of nitriles is 1. The van der Waals surface area contributed by atoms with Crippen molar-refractivity contribution in [2.75, 3.05) is 6.54 Å². The fourth-order valence-corrected chi connectivity index (χ4v) is 1.62. The third-order valence-electron chi connectivity index (χ3n) is 2.61. The first-order valence-electron chi connectivity index (χ1n) is 5.60. The van der Waals surface area contributed by atoms with Crippen LogP contribution in [-0.4, -0.2) is 11.7 Å². The number of aromatic hydroxyl groups is 1. The van der Waals surface area contributed by atoms with E-state index in [1.807, 2.05) is 25.1 Å². The molecule has 0 saturated carbocycles. The number of rotatable bonds is 5. The summed E-state index contributed by atoms with van der Waals surface area (Å²) in [5.74, 6) is 0.298. The Hall–Kier alpha value is -1.53. The van der Waals surface area contributed by atoms with Crippen molar-refractivity contribution >= 4 is 0 Å². The summed E-state index contributed by atoms with van der Waals surface area (Å²) in [5, 5.41) is 21.7. The highest BCUT2D eigenvalue weighted by Gasteiger charge is 2.13. The first-order chi connectivity index (χ1) is 7.69. The monoisotopic (exact) mass is 218 g/mol. The maximum Gasteiger partial charge on any atom is 0.120 e. The van der Waals surface area contributed by atoms with E-state index in [0.29, 0.717) is 12.3 Å². The normalized spacial score (nSPS) is 14.1. The predicted molar refractivity (Wildman–Crippen MR) is 63.9 cm³/mol. The van der Waals surface area contributed by atoms with Gasteiger partial charge in [-0.2, -0.15) is 5.26 Å². The van der Waals surface area contributed by atoms with Crippen molar-refractivity contribution in [2.45, 2.75) is 26.3 Å². The van der Waals surface area contributed by atoms with Crippen molar-refractivity contribution < 1.29 is 5.11 Å². The zero-order valence-corrected chi connectivity index (χ0v) is 9.77. The van der Waals surface area contributed by atoms with Crippen molar-refractivity contribution in [2.24, 2.45) is 5.92 Å². The van der Waals surface area contributed by atoms with Gasteiger partial charge in [0.25, 0.3) is 0 Å². The summed E-state index contributed by atoms with van der Waals surface area (Å²) >= 11 is 0. The number of nitrogens with one attached hydrogen (secondary N) is 1. The Morgan fingerprint density at radius 2 is 2.12 bits per heavy atom. The molecule has 0 fully saturated rings. The number of benzene rings is 1. The van der Waals surface area contributed by atoms with E-state index in [1.54, 1.807) is 6.07 Å². The first kappa shape index (κ1) is 12.5. The van der Waals surface area contributed by atoms with Crippen molar-refractivity contribution in [3.63, 3.8) is 0 Å². The van der Waals surface area contributed by atoms with Crippen LogP contribution < -0.4 is 5.32 Å². The van der Waals surface area contributed by atoms with Crippen molar-refractivity contribution in [1.82, 2.24) is 5.32 Å². The van der Waals surface area contributed by atoms with Gasteiger partial charge in [-0.1, -0.05) is 25.1 Å². The number of phenolic OH excluding ortho intramolecular Hbond substituents is 1.